The van der Waals surface area contributed by atoms with Gasteiger partial charge >= 0.3 is 5.97 Å². The molecule has 5 N–H and O–H groups in total. The number of ether oxygens (including phenoxy) is 1. The van der Waals surface area contributed by atoms with Crippen molar-refractivity contribution in [2.75, 3.05) is 6.61 Å². The van der Waals surface area contributed by atoms with Crippen molar-refractivity contribution < 1.29 is 40.0 Å². The van der Waals surface area contributed by atoms with Crippen LogP contribution in [0.1, 0.15) is 92.4 Å². The topological polar surface area (TPSA) is 151 Å². The number of cyclic esters (lactones) is 1. The number of hydrogen-bond donors (Lipinski definition) is 5. The summed E-state index contributed by atoms with van der Waals surface area (Å²) in [6, 6.07) is 0. The van der Waals surface area contributed by atoms with Crippen LogP contribution in [0, 0.1) is 46.3 Å². The average Bonchev–Trinajstić information content (AvgIpc) is 3.33. The molecule has 0 amide bonds. The lowest BCUT2D eigenvalue weighted by molar-refractivity contribution is -0.181. The van der Waals surface area contributed by atoms with Crippen molar-refractivity contribution in [1.82, 2.24) is 0 Å². The van der Waals surface area contributed by atoms with Gasteiger partial charge in [0.05, 0.1) is 19.8 Å². The van der Waals surface area contributed by atoms with Gasteiger partial charge in [-0.25, -0.2) is 4.79 Å². The Morgan fingerprint density at radius 1 is 1.14 bits per heavy atom. The molecule has 3 fully saturated rings. The molecule has 6 rings (SSSR count). The second-order valence-electron chi connectivity index (χ2n) is 15.3. The molecule has 9 heteroatoms. The second kappa shape index (κ2) is 10.0. The van der Waals surface area contributed by atoms with E-state index in [9.17, 15) is 35.2 Å². The number of esters is 1. The molecule has 0 aromatic carbocycles. The molecular weight excluding hydrogens is 555 g/mol. The number of aliphatic hydroxyl groups is 5. The molecule has 0 aromatic rings. The van der Waals surface area contributed by atoms with Gasteiger partial charge in [-0.05, 0) is 80.0 Å². The van der Waals surface area contributed by atoms with Crippen LogP contribution in [0.25, 0.3) is 0 Å². The molecule has 0 spiro atoms. The smallest absolute Gasteiger partial charge is 0.378 e. The van der Waals surface area contributed by atoms with Gasteiger partial charge in [-0.1, -0.05) is 58.6 Å². The van der Waals surface area contributed by atoms with E-state index in [1.165, 1.54) is 32.1 Å². The lowest BCUT2D eigenvalue weighted by atomic mass is 9.45. The van der Waals surface area contributed by atoms with Crippen LogP contribution >= 0.6 is 7.77 Å². The number of fused-ring (bicyclic) bond motifs is 7. The quantitative estimate of drug-likeness (QED) is 0.157. The molecule has 2 aliphatic heterocycles. The van der Waals surface area contributed by atoms with Crippen molar-refractivity contribution in [3.05, 3.63) is 23.2 Å². The Kier molecular flexibility index (Phi) is 7.31. The molecule has 2 heterocycles. The van der Waals surface area contributed by atoms with Crippen molar-refractivity contribution in [3.8, 4) is 0 Å². The third kappa shape index (κ3) is 3.74. The van der Waals surface area contributed by atoms with Crippen LogP contribution in [0.15, 0.2) is 23.2 Å². The minimum atomic E-state index is -2.45. The highest BCUT2D eigenvalue weighted by Crippen LogP contribution is 2.76. The molecule has 42 heavy (non-hydrogen) atoms. The SMILES string of the molecule is CC(C)CCC[C@@H](C)[C@H]1CC[C@H]2[C@@H]3CC=C4C[C@H](O)C5(C(O)(CO)C6OC(=O)C(O)=C6O)C(=[P+]5[O-])[C@]4(C)[C@H]3CC[C@]12C. The van der Waals surface area contributed by atoms with E-state index in [2.05, 4.69) is 40.7 Å². The van der Waals surface area contributed by atoms with E-state index in [0.29, 0.717) is 29.0 Å². The Morgan fingerprint density at radius 3 is 2.48 bits per heavy atom. The number of rotatable bonds is 8. The zero-order chi connectivity index (χ0) is 30.6. The molecule has 6 aliphatic rings. The van der Waals surface area contributed by atoms with E-state index in [4.69, 9.17) is 4.74 Å². The summed E-state index contributed by atoms with van der Waals surface area (Å²) >= 11 is 0. The molecule has 12 atom stereocenters. The summed E-state index contributed by atoms with van der Waals surface area (Å²) in [6.45, 7) is 10.6. The van der Waals surface area contributed by atoms with Gasteiger partial charge in [0.15, 0.2) is 22.8 Å². The summed E-state index contributed by atoms with van der Waals surface area (Å²) in [5.74, 6) is 0.0174. The molecule has 3 saturated carbocycles. The maximum absolute atomic E-state index is 14.2. The van der Waals surface area contributed by atoms with Gasteiger partial charge in [-0.3, -0.25) is 0 Å². The molecule has 0 aromatic heterocycles. The van der Waals surface area contributed by atoms with E-state index in [-0.39, 0.29) is 17.8 Å². The summed E-state index contributed by atoms with van der Waals surface area (Å²) in [5.41, 5.74) is -1.81. The van der Waals surface area contributed by atoms with E-state index >= 15 is 0 Å². The van der Waals surface area contributed by atoms with Crippen molar-refractivity contribution in [2.24, 2.45) is 46.3 Å². The highest BCUT2D eigenvalue weighted by atomic mass is 31.1. The van der Waals surface area contributed by atoms with Crippen LogP contribution in [-0.2, 0) is 9.53 Å². The lowest BCUT2D eigenvalue weighted by Crippen LogP contribution is -2.69. The number of carbonyl (C=O) groups is 1. The highest BCUT2D eigenvalue weighted by molar-refractivity contribution is 7.67. The van der Waals surface area contributed by atoms with E-state index in [1.807, 2.05) is 0 Å². The van der Waals surface area contributed by atoms with Crippen LogP contribution in [0.3, 0.4) is 0 Å². The van der Waals surface area contributed by atoms with E-state index < -0.39 is 60.2 Å². The molecule has 0 bridgehead atoms. The summed E-state index contributed by atoms with van der Waals surface area (Å²) in [4.78, 5) is 26.2. The molecule has 234 valence electrons. The number of aliphatic hydroxyl groups excluding tert-OH is 4. The number of allylic oxidation sites excluding steroid dienone is 1. The summed E-state index contributed by atoms with van der Waals surface area (Å²) in [6.07, 6.45) is 8.50. The highest BCUT2D eigenvalue weighted by Gasteiger charge is 2.87. The van der Waals surface area contributed by atoms with Crippen molar-refractivity contribution in [2.45, 2.75) is 115 Å². The lowest BCUT2D eigenvalue weighted by Gasteiger charge is -2.57. The molecular formula is C33H49O8P. The Bertz CT molecular complexity index is 1260. The molecule has 4 unspecified atom stereocenters. The van der Waals surface area contributed by atoms with Crippen LogP contribution in [0.4, 0.5) is 0 Å². The minimum absolute atomic E-state index is 0.181. The number of carbonyl (C=O) groups excluding carboxylic acids is 1. The fourth-order valence-electron chi connectivity index (χ4n) is 11.0. The zero-order valence-electron chi connectivity index (χ0n) is 25.7. The molecule has 0 saturated heterocycles. The largest absolute Gasteiger partial charge is 0.629 e. The van der Waals surface area contributed by atoms with E-state index in [1.54, 1.807) is 0 Å². The Labute approximate surface area is 250 Å². The van der Waals surface area contributed by atoms with Gasteiger partial charge in [-0.2, -0.15) is 0 Å². The number of hydrogen-bond acceptors (Lipinski definition) is 8. The summed E-state index contributed by atoms with van der Waals surface area (Å²) < 4.78 is 5.11. The fourth-order valence-corrected chi connectivity index (χ4v) is 13.9. The van der Waals surface area contributed by atoms with Gasteiger partial charge in [0, 0.05) is 6.42 Å². The van der Waals surface area contributed by atoms with Gasteiger partial charge in [-0.15, -0.1) is 0 Å². The average molecular weight is 605 g/mol. The normalized spacial score (nSPS) is 45.5. The summed E-state index contributed by atoms with van der Waals surface area (Å²) in [5, 5.41) is 53.3. The van der Waals surface area contributed by atoms with Crippen LogP contribution in [0.2, 0.25) is 0 Å². The zero-order valence-corrected chi connectivity index (χ0v) is 26.6. The first-order valence-corrected chi connectivity index (χ1v) is 17.4. The van der Waals surface area contributed by atoms with E-state index in [0.717, 1.165) is 30.8 Å². The minimum Gasteiger partial charge on any atom is -0.629 e. The molecule has 8 nitrogen and oxygen atoms in total. The van der Waals surface area contributed by atoms with Gasteiger partial charge in [0.25, 0.3) is 0 Å². The first-order chi connectivity index (χ1) is 19.7. The van der Waals surface area contributed by atoms with Crippen molar-refractivity contribution in [1.29, 1.82) is 0 Å². The Balaban J connectivity index is 1.31. The van der Waals surface area contributed by atoms with Gasteiger partial charge in [0.1, 0.15) is 6.10 Å². The van der Waals surface area contributed by atoms with Crippen molar-refractivity contribution in [3.63, 3.8) is 0 Å². The third-order valence-corrected chi connectivity index (χ3v) is 15.7. The first kappa shape index (κ1) is 30.6. The standard InChI is InChI=1S/C33H49O8P/c1-17(2)7-6-8-18(3)21-11-12-22-20-10-9-19-15-24(35)33(32(39,16-34)27-25(36)26(37)28(38)41-27)29(42(33)40)31(19,5)23(20)13-14-30(21,22)4/h9,17-18,20-24,27,34-37,39H,6-8,10-16H2,1-5H3/t18-,20+,21-,22+,23+,24+,27?,30-,31+,32?,33?/m1/s1. The van der Waals surface area contributed by atoms with Crippen LogP contribution in [0.5, 0.6) is 0 Å². The second-order valence-corrected chi connectivity index (χ2v) is 17.0. The fraction of sp³-hybridized carbons (Fsp3) is 0.818. The monoisotopic (exact) mass is 604 g/mol. The van der Waals surface area contributed by atoms with Crippen molar-refractivity contribution >= 4 is 19.0 Å². The molecule has 0 radical (unpaired) electrons. The summed E-state index contributed by atoms with van der Waals surface area (Å²) in [7, 11) is -2.34. The van der Waals surface area contributed by atoms with Crippen LogP contribution < -0.4 is 4.89 Å². The maximum Gasteiger partial charge on any atom is 0.378 e. The predicted molar refractivity (Wildman–Crippen MR) is 159 cm³/mol. The molecule has 4 aliphatic carbocycles. The Morgan fingerprint density at radius 2 is 1.86 bits per heavy atom. The van der Waals surface area contributed by atoms with Crippen LogP contribution in [-0.4, -0.2) is 66.4 Å². The third-order valence-electron chi connectivity index (χ3n) is 13.1. The maximum atomic E-state index is 14.2. The van der Waals surface area contributed by atoms with Gasteiger partial charge < -0.3 is 35.2 Å². The Hall–Kier alpha value is -1.44. The van der Waals surface area contributed by atoms with Gasteiger partial charge in [0.2, 0.25) is 10.9 Å². The predicted octanol–water partition coefficient (Wildman–Crippen LogP) is 4.27. The first-order valence-electron chi connectivity index (χ1n) is 16.1.